The summed E-state index contributed by atoms with van der Waals surface area (Å²) in [6.07, 6.45) is 2.47. The molecular weight excluding hydrogens is 306 g/mol. The Morgan fingerprint density at radius 3 is 2.71 bits per heavy atom. The lowest BCUT2D eigenvalue weighted by molar-refractivity contribution is -0.145. The molecule has 3 aliphatic rings. The summed E-state index contributed by atoms with van der Waals surface area (Å²) in [5.41, 5.74) is 1.16. The molecule has 2 heterocycles. The van der Waals surface area contributed by atoms with Crippen LogP contribution in [0.4, 0.5) is 0 Å². The number of nitrogens with one attached hydrogen (secondary N) is 1. The standard InChI is InChI=1S/C19H25NO4/c1-11(19(21)22-2)18(12-3-4-12)13-5-6-15-16(7-13)24-17(10-23-15)14-8-20-9-14/h5-7,11-12,14,17-18,20H,3-4,8-10H2,1-2H3/t11-,17?,18?/m0/s1. The number of methoxy groups -OCH3 is 1. The lowest BCUT2D eigenvalue weighted by atomic mass is 9.83. The number of esters is 1. The van der Waals surface area contributed by atoms with Crippen LogP contribution in [0.25, 0.3) is 0 Å². The number of ether oxygens (including phenoxy) is 3. The first-order chi connectivity index (χ1) is 11.7. The number of hydrogen-bond donors (Lipinski definition) is 1. The number of hydrogen-bond acceptors (Lipinski definition) is 5. The molecule has 1 saturated carbocycles. The maximum absolute atomic E-state index is 12.1. The molecule has 2 unspecified atom stereocenters. The van der Waals surface area contributed by atoms with Gasteiger partial charge in [0.25, 0.3) is 0 Å². The number of carbonyl (C=O) groups is 1. The van der Waals surface area contributed by atoms with Crippen LogP contribution in [0.15, 0.2) is 18.2 Å². The third kappa shape index (κ3) is 2.86. The van der Waals surface area contributed by atoms with E-state index in [0.717, 1.165) is 30.2 Å². The van der Waals surface area contributed by atoms with E-state index < -0.39 is 0 Å². The zero-order valence-corrected chi connectivity index (χ0v) is 14.3. The Labute approximate surface area is 142 Å². The van der Waals surface area contributed by atoms with Crippen molar-refractivity contribution in [2.24, 2.45) is 17.8 Å². The van der Waals surface area contributed by atoms with Crippen LogP contribution in [0.1, 0.15) is 31.2 Å². The predicted molar refractivity (Wildman–Crippen MR) is 89.4 cm³/mol. The summed E-state index contributed by atoms with van der Waals surface area (Å²) in [4.78, 5) is 12.1. The van der Waals surface area contributed by atoms with E-state index in [1.165, 1.54) is 20.0 Å². The molecule has 2 fully saturated rings. The summed E-state index contributed by atoms with van der Waals surface area (Å²) in [5.74, 6) is 2.62. The third-order valence-electron chi connectivity index (χ3n) is 5.61. The van der Waals surface area contributed by atoms with Gasteiger partial charge in [0.05, 0.1) is 13.0 Å². The van der Waals surface area contributed by atoms with E-state index in [9.17, 15) is 4.79 Å². The minimum absolute atomic E-state index is 0.117. The minimum Gasteiger partial charge on any atom is -0.486 e. The van der Waals surface area contributed by atoms with E-state index in [1.54, 1.807) is 0 Å². The van der Waals surface area contributed by atoms with Crippen molar-refractivity contribution in [3.8, 4) is 11.5 Å². The van der Waals surface area contributed by atoms with E-state index in [-0.39, 0.29) is 23.9 Å². The molecule has 5 heteroatoms. The SMILES string of the molecule is COC(=O)[C@@H](C)C(c1ccc2c(c1)OC(C1CNC1)CO2)C1CC1. The molecule has 0 spiro atoms. The highest BCUT2D eigenvalue weighted by molar-refractivity contribution is 5.73. The predicted octanol–water partition coefficient (Wildman–Crippen LogP) is 2.35. The third-order valence-corrected chi connectivity index (χ3v) is 5.61. The Bertz CT molecular complexity index is 624. The van der Waals surface area contributed by atoms with Crippen LogP contribution in [-0.4, -0.2) is 38.9 Å². The molecule has 0 amide bonds. The van der Waals surface area contributed by atoms with Gasteiger partial charge in [-0.2, -0.15) is 0 Å². The van der Waals surface area contributed by atoms with Crippen LogP contribution in [0.3, 0.4) is 0 Å². The van der Waals surface area contributed by atoms with E-state index in [2.05, 4.69) is 17.4 Å². The Balaban J connectivity index is 1.58. The van der Waals surface area contributed by atoms with Crippen molar-refractivity contribution < 1.29 is 19.0 Å². The van der Waals surface area contributed by atoms with Gasteiger partial charge >= 0.3 is 5.97 Å². The van der Waals surface area contributed by atoms with Gasteiger partial charge in [-0.25, -0.2) is 0 Å². The van der Waals surface area contributed by atoms with Gasteiger partial charge in [0.1, 0.15) is 12.7 Å². The summed E-state index contributed by atoms with van der Waals surface area (Å²) >= 11 is 0. The maximum atomic E-state index is 12.1. The normalized spacial score (nSPS) is 25.5. The first kappa shape index (κ1) is 15.8. The van der Waals surface area contributed by atoms with Gasteiger partial charge in [-0.3, -0.25) is 4.79 Å². The quantitative estimate of drug-likeness (QED) is 0.840. The fourth-order valence-electron chi connectivity index (χ4n) is 3.88. The van der Waals surface area contributed by atoms with Crippen LogP contribution < -0.4 is 14.8 Å². The lowest BCUT2D eigenvalue weighted by Gasteiger charge is -2.37. The van der Waals surface area contributed by atoms with E-state index in [1.807, 2.05) is 13.0 Å². The second-order valence-corrected chi connectivity index (χ2v) is 7.27. The van der Waals surface area contributed by atoms with Crippen LogP contribution in [-0.2, 0) is 9.53 Å². The Kier molecular flexibility index (Phi) is 4.12. The van der Waals surface area contributed by atoms with Crippen molar-refractivity contribution in [2.75, 3.05) is 26.8 Å². The highest BCUT2D eigenvalue weighted by atomic mass is 16.6. The monoisotopic (exact) mass is 331 g/mol. The summed E-state index contributed by atoms with van der Waals surface area (Å²) in [6.45, 7) is 4.57. The molecule has 0 radical (unpaired) electrons. The first-order valence-corrected chi connectivity index (χ1v) is 8.89. The van der Waals surface area contributed by atoms with Gasteiger partial charge in [0, 0.05) is 19.0 Å². The molecule has 1 aliphatic carbocycles. The molecule has 0 aromatic heterocycles. The van der Waals surface area contributed by atoms with Gasteiger partial charge in [-0.05, 0) is 42.4 Å². The molecular formula is C19H25NO4. The molecule has 5 nitrogen and oxygen atoms in total. The van der Waals surface area contributed by atoms with Crippen molar-refractivity contribution in [1.29, 1.82) is 0 Å². The number of benzene rings is 1. The second kappa shape index (κ2) is 6.28. The van der Waals surface area contributed by atoms with E-state index >= 15 is 0 Å². The number of fused-ring (bicyclic) bond motifs is 1. The zero-order chi connectivity index (χ0) is 16.7. The fourth-order valence-corrected chi connectivity index (χ4v) is 3.88. The molecule has 2 aliphatic heterocycles. The first-order valence-electron chi connectivity index (χ1n) is 8.89. The molecule has 130 valence electrons. The summed E-state index contributed by atoms with van der Waals surface area (Å²) < 4.78 is 17.1. The molecule has 3 atom stereocenters. The minimum atomic E-state index is -0.142. The van der Waals surface area contributed by atoms with Crippen molar-refractivity contribution in [3.63, 3.8) is 0 Å². The van der Waals surface area contributed by atoms with Crippen LogP contribution in [0.2, 0.25) is 0 Å². The van der Waals surface area contributed by atoms with E-state index in [4.69, 9.17) is 14.2 Å². The van der Waals surface area contributed by atoms with Crippen LogP contribution in [0.5, 0.6) is 11.5 Å². The van der Waals surface area contributed by atoms with Crippen LogP contribution >= 0.6 is 0 Å². The Morgan fingerprint density at radius 1 is 1.29 bits per heavy atom. The molecule has 1 saturated heterocycles. The smallest absolute Gasteiger partial charge is 0.309 e. The molecule has 0 bridgehead atoms. The number of rotatable bonds is 5. The average molecular weight is 331 g/mol. The largest absolute Gasteiger partial charge is 0.486 e. The van der Waals surface area contributed by atoms with Gasteiger partial charge < -0.3 is 19.5 Å². The van der Waals surface area contributed by atoms with Crippen molar-refractivity contribution in [1.82, 2.24) is 5.32 Å². The topological polar surface area (TPSA) is 56.8 Å². The Hall–Kier alpha value is -1.75. The van der Waals surface area contributed by atoms with Gasteiger partial charge in [0.15, 0.2) is 11.5 Å². The molecule has 1 aromatic carbocycles. The fraction of sp³-hybridized carbons (Fsp3) is 0.632. The lowest BCUT2D eigenvalue weighted by Crippen LogP contribution is -2.53. The highest BCUT2D eigenvalue weighted by Gasteiger charge is 2.40. The zero-order valence-electron chi connectivity index (χ0n) is 14.3. The Morgan fingerprint density at radius 2 is 2.08 bits per heavy atom. The summed E-state index contributed by atoms with van der Waals surface area (Å²) in [6, 6.07) is 6.14. The maximum Gasteiger partial charge on any atom is 0.309 e. The van der Waals surface area contributed by atoms with Crippen molar-refractivity contribution >= 4 is 5.97 Å². The van der Waals surface area contributed by atoms with E-state index in [0.29, 0.717) is 18.4 Å². The van der Waals surface area contributed by atoms with Gasteiger partial charge in [0.2, 0.25) is 0 Å². The highest BCUT2D eigenvalue weighted by Crippen LogP contribution is 2.48. The molecule has 1 aromatic rings. The summed E-state index contributed by atoms with van der Waals surface area (Å²) in [5, 5.41) is 3.28. The van der Waals surface area contributed by atoms with Gasteiger partial charge in [-0.1, -0.05) is 13.0 Å². The van der Waals surface area contributed by atoms with Crippen LogP contribution in [0, 0.1) is 17.8 Å². The molecule has 1 N–H and O–H groups in total. The average Bonchev–Trinajstić information content (AvgIpc) is 3.37. The second-order valence-electron chi connectivity index (χ2n) is 7.27. The number of carbonyl (C=O) groups excluding carboxylic acids is 1. The molecule has 4 rings (SSSR count). The molecule has 24 heavy (non-hydrogen) atoms. The van der Waals surface area contributed by atoms with Crippen molar-refractivity contribution in [3.05, 3.63) is 23.8 Å². The van der Waals surface area contributed by atoms with Gasteiger partial charge in [-0.15, -0.1) is 0 Å². The summed E-state index contributed by atoms with van der Waals surface area (Å²) in [7, 11) is 1.46. The van der Waals surface area contributed by atoms with Crippen molar-refractivity contribution in [2.45, 2.75) is 31.8 Å².